The van der Waals surface area contributed by atoms with Gasteiger partial charge in [0.25, 0.3) is 0 Å². The molecule has 38 valence electrons. The molecule has 0 unspecified atom stereocenters. The van der Waals surface area contributed by atoms with Gasteiger partial charge < -0.3 is 0 Å². The Kier molecular flexibility index (Phi) is 3.62. The van der Waals surface area contributed by atoms with E-state index in [2.05, 4.69) is 10.4 Å². The summed E-state index contributed by atoms with van der Waals surface area (Å²) >= 11 is 0. The first kappa shape index (κ1) is 6.27. The summed E-state index contributed by atoms with van der Waals surface area (Å²) in [5.74, 6) is 9.84. The van der Waals surface area contributed by atoms with E-state index in [1.807, 2.05) is 6.66 Å². The molecule has 0 radical (unpaired) electrons. The molecule has 0 saturated carbocycles. The molecule has 0 aromatic rings. The number of hydrazine groups is 2. The number of rotatable bonds is 2. The number of nitrogens with one attached hydrogen (secondary N) is 2. The molecule has 6 N–H and O–H groups in total. The minimum absolute atomic E-state index is 0.521. The van der Waals surface area contributed by atoms with E-state index >= 15 is 0 Å². The van der Waals surface area contributed by atoms with Crippen molar-refractivity contribution in [2.24, 2.45) is 11.7 Å². The second-order valence-electron chi connectivity index (χ2n) is 0.817. The number of nitrogens with two attached hydrogens (primary N) is 2. The van der Waals surface area contributed by atoms with E-state index in [4.69, 9.17) is 11.7 Å². The molecule has 0 aliphatic carbocycles. The molecule has 4 nitrogen and oxygen atoms in total. The number of hydrogen-bond donors (Lipinski definition) is 4. The lowest BCUT2D eigenvalue weighted by molar-refractivity contribution is 1.00. The third-order valence-electron chi connectivity index (χ3n) is 0.387. The van der Waals surface area contributed by atoms with E-state index in [0.29, 0.717) is 0 Å². The molecule has 0 atom stereocenters. The molecule has 0 aliphatic heterocycles. The van der Waals surface area contributed by atoms with E-state index in [0.717, 1.165) is 0 Å². The molecule has 0 aromatic heterocycles. The van der Waals surface area contributed by atoms with Gasteiger partial charge in [0, 0.05) is 0 Å². The molecule has 5 heteroatoms. The average molecular weight is 108 g/mol. The molecular formula is CH9N4P. The molecule has 0 amide bonds. The van der Waals surface area contributed by atoms with Crippen molar-refractivity contribution in [3.63, 3.8) is 0 Å². The zero-order chi connectivity index (χ0) is 4.99. The van der Waals surface area contributed by atoms with Crippen LogP contribution in [0.1, 0.15) is 0 Å². The fourth-order valence-corrected chi connectivity index (χ4v) is 0.112. The SMILES string of the molecule is CP(NN)NN. The summed E-state index contributed by atoms with van der Waals surface area (Å²) in [7, 11) is -0.521. The second kappa shape index (κ2) is 3.46. The van der Waals surface area contributed by atoms with E-state index in [1.54, 1.807) is 0 Å². The second-order valence-corrected chi connectivity index (χ2v) is 2.45. The molecule has 0 spiro atoms. The Bertz CT molecular complexity index is 26.7. The third kappa shape index (κ3) is 2.50. The van der Waals surface area contributed by atoms with Gasteiger partial charge >= 0.3 is 0 Å². The van der Waals surface area contributed by atoms with E-state index in [9.17, 15) is 0 Å². The lowest BCUT2D eigenvalue weighted by Crippen LogP contribution is -2.27. The summed E-state index contributed by atoms with van der Waals surface area (Å²) in [5.41, 5.74) is 0. The monoisotopic (exact) mass is 108 g/mol. The van der Waals surface area contributed by atoms with E-state index < -0.39 is 8.22 Å². The van der Waals surface area contributed by atoms with Crippen molar-refractivity contribution >= 4 is 8.22 Å². The zero-order valence-electron chi connectivity index (χ0n) is 3.60. The van der Waals surface area contributed by atoms with Gasteiger partial charge in [-0.15, -0.1) is 0 Å². The predicted molar refractivity (Wildman–Crippen MR) is 27.5 cm³/mol. The third-order valence-corrected chi connectivity index (χ3v) is 1.16. The Morgan fingerprint density at radius 2 is 1.67 bits per heavy atom. The van der Waals surface area contributed by atoms with Crippen molar-refractivity contribution in [2.45, 2.75) is 0 Å². The molecule has 0 aliphatic rings. The topological polar surface area (TPSA) is 76.1 Å². The van der Waals surface area contributed by atoms with Crippen LogP contribution in [0.4, 0.5) is 0 Å². The van der Waals surface area contributed by atoms with Crippen LogP contribution in [0.2, 0.25) is 0 Å². The standard InChI is InChI=1S/CH9N4P/c1-6(4-2)5-3/h4-5H,2-3H2,1H3. The highest BCUT2D eigenvalue weighted by Gasteiger charge is 1.85. The molecule has 0 aromatic carbocycles. The first-order chi connectivity index (χ1) is 2.81. The van der Waals surface area contributed by atoms with Gasteiger partial charge in [-0.2, -0.15) is 0 Å². The van der Waals surface area contributed by atoms with Crippen LogP contribution in [0.15, 0.2) is 0 Å². The van der Waals surface area contributed by atoms with Gasteiger partial charge in [-0.3, -0.25) is 11.7 Å². The predicted octanol–water partition coefficient (Wildman–Crippen LogP) is -1.15. The maximum absolute atomic E-state index is 4.92. The molecule has 0 rings (SSSR count). The van der Waals surface area contributed by atoms with E-state index in [1.165, 1.54) is 0 Å². The highest BCUT2D eigenvalue weighted by Crippen LogP contribution is 2.10. The highest BCUT2D eigenvalue weighted by molar-refractivity contribution is 7.52. The van der Waals surface area contributed by atoms with Gasteiger partial charge in [0.2, 0.25) is 0 Å². The van der Waals surface area contributed by atoms with Gasteiger partial charge in [0.15, 0.2) is 0 Å². The van der Waals surface area contributed by atoms with Crippen molar-refractivity contribution in [3.8, 4) is 0 Å². The van der Waals surface area contributed by atoms with Crippen LogP contribution in [-0.2, 0) is 0 Å². The lowest BCUT2D eigenvalue weighted by Gasteiger charge is -2.04. The van der Waals surface area contributed by atoms with Crippen molar-refractivity contribution in [3.05, 3.63) is 0 Å². The highest BCUT2D eigenvalue weighted by atomic mass is 31.1. The van der Waals surface area contributed by atoms with Crippen LogP contribution < -0.4 is 22.1 Å². The van der Waals surface area contributed by atoms with Gasteiger partial charge in [-0.1, -0.05) is 0 Å². The van der Waals surface area contributed by atoms with Gasteiger partial charge in [0.1, 0.15) is 0 Å². The van der Waals surface area contributed by atoms with E-state index in [-0.39, 0.29) is 0 Å². The van der Waals surface area contributed by atoms with Crippen molar-refractivity contribution in [2.75, 3.05) is 6.66 Å². The van der Waals surface area contributed by atoms with Crippen molar-refractivity contribution < 1.29 is 0 Å². The van der Waals surface area contributed by atoms with Crippen LogP contribution in [0.25, 0.3) is 0 Å². The largest absolute Gasteiger partial charge is 0.267 e. The summed E-state index contributed by atoms with van der Waals surface area (Å²) in [5, 5.41) is 4.89. The van der Waals surface area contributed by atoms with Crippen LogP contribution >= 0.6 is 8.22 Å². The number of hydrogen-bond acceptors (Lipinski definition) is 4. The fraction of sp³-hybridized carbons (Fsp3) is 1.00. The Labute approximate surface area is 38.1 Å². The van der Waals surface area contributed by atoms with Crippen LogP contribution in [0.5, 0.6) is 0 Å². The molecule has 0 fully saturated rings. The van der Waals surface area contributed by atoms with Crippen LogP contribution in [0, 0.1) is 0 Å². The molecule has 0 saturated heterocycles. The van der Waals surface area contributed by atoms with Gasteiger partial charge in [-0.25, -0.2) is 10.4 Å². The van der Waals surface area contributed by atoms with Crippen molar-refractivity contribution in [1.82, 2.24) is 10.4 Å². The minimum Gasteiger partial charge on any atom is -0.267 e. The Morgan fingerprint density at radius 1 is 1.33 bits per heavy atom. The maximum Gasteiger partial charge on any atom is 0.0584 e. The Morgan fingerprint density at radius 3 is 1.67 bits per heavy atom. The molecule has 0 bridgehead atoms. The normalized spacial score (nSPS) is 10.0. The molecular weight excluding hydrogens is 99.0 g/mol. The summed E-state index contributed by atoms with van der Waals surface area (Å²) in [6, 6.07) is 0. The first-order valence-electron chi connectivity index (χ1n) is 1.47. The average Bonchev–Trinajstić information content (AvgIpc) is 1.65. The fourth-order valence-electron chi connectivity index (χ4n) is 0.0373. The van der Waals surface area contributed by atoms with Crippen molar-refractivity contribution in [1.29, 1.82) is 0 Å². The Hall–Kier alpha value is 0.270. The smallest absolute Gasteiger partial charge is 0.0584 e. The maximum atomic E-state index is 4.92. The lowest BCUT2D eigenvalue weighted by atomic mass is 12.0. The molecule has 6 heavy (non-hydrogen) atoms. The zero-order valence-corrected chi connectivity index (χ0v) is 4.50. The van der Waals surface area contributed by atoms with Gasteiger partial charge in [0.05, 0.1) is 8.22 Å². The van der Waals surface area contributed by atoms with Crippen LogP contribution in [0.3, 0.4) is 0 Å². The Balaban J connectivity index is 2.75. The molecule has 0 heterocycles. The minimum atomic E-state index is -0.521. The summed E-state index contributed by atoms with van der Waals surface area (Å²) in [6.45, 7) is 1.87. The quantitative estimate of drug-likeness (QED) is 0.205. The first-order valence-corrected chi connectivity index (χ1v) is 3.26. The summed E-state index contributed by atoms with van der Waals surface area (Å²) < 4.78 is 0. The summed E-state index contributed by atoms with van der Waals surface area (Å²) in [6.07, 6.45) is 0. The van der Waals surface area contributed by atoms with Gasteiger partial charge in [-0.05, 0) is 6.66 Å². The van der Waals surface area contributed by atoms with Crippen LogP contribution in [-0.4, -0.2) is 6.66 Å². The summed E-state index contributed by atoms with van der Waals surface area (Å²) in [4.78, 5) is 0.